The van der Waals surface area contributed by atoms with E-state index < -0.39 is 0 Å². The lowest BCUT2D eigenvalue weighted by atomic mass is 10.1. The molecule has 0 aromatic rings. The number of dihydropyridines is 1. The molecule has 1 fully saturated rings. The minimum Gasteiger partial charge on any atom is -0.351 e. The van der Waals surface area contributed by atoms with Gasteiger partial charge in [0, 0.05) is 19.2 Å². The first-order valence-corrected chi connectivity index (χ1v) is 11.4. The molecule has 2 N–H and O–H groups in total. The first-order chi connectivity index (χ1) is 14.0. The van der Waals surface area contributed by atoms with Crippen molar-refractivity contribution in [2.45, 2.75) is 86.1 Å². The molecule has 1 saturated carbocycles. The topological polar surface area (TPSA) is 65.8 Å². The maximum atomic E-state index is 11.7. The van der Waals surface area contributed by atoms with Crippen molar-refractivity contribution in [3.63, 3.8) is 0 Å². The Balaban J connectivity index is 0.000000740. The SMILES string of the molecule is CC.CC(=NCC1CC1)N/C=C\CC(=O)NC1C=CC=NC1.CCCCC(C)C. The van der Waals surface area contributed by atoms with Crippen LogP contribution in [-0.4, -0.2) is 37.1 Å². The summed E-state index contributed by atoms with van der Waals surface area (Å²) in [6, 6.07) is 0.0238. The predicted molar refractivity (Wildman–Crippen MR) is 128 cm³/mol. The fourth-order valence-electron chi connectivity index (χ4n) is 2.41. The Morgan fingerprint density at radius 1 is 1.31 bits per heavy atom. The summed E-state index contributed by atoms with van der Waals surface area (Å²) in [5.74, 6) is 2.60. The highest BCUT2D eigenvalue weighted by atomic mass is 16.1. The maximum absolute atomic E-state index is 11.7. The van der Waals surface area contributed by atoms with E-state index in [-0.39, 0.29) is 11.9 Å². The van der Waals surface area contributed by atoms with E-state index >= 15 is 0 Å². The summed E-state index contributed by atoms with van der Waals surface area (Å²) in [7, 11) is 0. The van der Waals surface area contributed by atoms with Crippen LogP contribution in [0.15, 0.2) is 34.4 Å². The standard InChI is InChI=1S/C15H22N4O.C7H16.C2H6/c1-12(18-10-13-6-7-13)17-9-3-5-15(20)19-14-4-2-8-16-11-14;1-4-5-6-7(2)3;1-2/h2-4,8-9,13-14H,5-7,10-11H2,1H3,(H,17,18)(H,19,20);7H,4-6H2,1-3H3;1-2H3/b9-3-;;. The Hall–Kier alpha value is -1.91. The van der Waals surface area contributed by atoms with E-state index in [1.54, 1.807) is 18.5 Å². The van der Waals surface area contributed by atoms with Crippen molar-refractivity contribution >= 4 is 18.0 Å². The number of hydrogen-bond donors (Lipinski definition) is 2. The zero-order chi connectivity index (χ0) is 21.9. The Kier molecular flexibility index (Phi) is 16.9. The van der Waals surface area contributed by atoms with Crippen LogP contribution < -0.4 is 10.6 Å². The van der Waals surface area contributed by atoms with Gasteiger partial charge in [0.1, 0.15) is 0 Å². The van der Waals surface area contributed by atoms with E-state index in [1.165, 1.54) is 32.1 Å². The summed E-state index contributed by atoms with van der Waals surface area (Å²) in [5, 5.41) is 5.98. The van der Waals surface area contributed by atoms with Crippen LogP contribution in [0.2, 0.25) is 0 Å². The average molecular weight is 405 g/mol. The largest absolute Gasteiger partial charge is 0.351 e. The van der Waals surface area contributed by atoms with Gasteiger partial charge in [0.2, 0.25) is 5.91 Å². The van der Waals surface area contributed by atoms with Gasteiger partial charge in [0.15, 0.2) is 0 Å². The van der Waals surface area contributed by atoms with Gasteiger partial charge < -0.3 is 10.6 Å². The molecule has 1 unspecified atom stereocenters. The van der Waals surface area contributed by atoms with Gasteiger partial charge in [0.25, 0.3) is 0 Å². The van der Waals surface area contributed by atoms with Crippen molar-refractivity contribution in [1.82, 2.24) is 10.6 Å². The summed E-state index contributed by atoms with van der Waals surface area (Å²) in [6.45, 7) is 14.3. The molecule has 1 heterocycles. The highest BCUT2D eigenvalue weighted by Gasteiger charge is 2.20. The smallest absolute Gasteiger partial charge is 0.224 e. The van der Waals surface area contributed by atoms with Gasteiger partial charge in [-0.25, -0.2) is 0 Å². The van der Waals surface area contributed by atoms with Gasteiger partial charge in [-0.3, -0.25) is 14.8 Å². The highest BCUT2D eigenvalue weighted by Crippen LogP contribution is 2.28. The van der Waals surface area contributed by atoms with E-state index in [4.69, 9.17) is 0 Å². The lowest BCUT2D eigenvalue weighted by molar-refractivity contribution is -0.120. The number of unbranched alkanes of at least 4 members (excludes halogenated alkanes) is 1. The predicted octanol–water partition coefficient (Wildman–Crippen LogP) is 5.29. The van der Waals surface area contributed by atoms with E-state index in [1.807, 2.05) is 32.9 Å². The van der Waals surface area contributed by atoms with Crippen LogP contribution in [0.4, 0.5) is 0 Å². The lowest BCUT2D eigenvalue weighted by Crippen LogP contribution is -2.36. The molecule has 1 atom stereocenters. The van der Waals surface area contributed by atoms with Crippen LogP contribution in [0.25, 0.3) is 0 Å². The minimum absolute atomic E-state index is 0.00220. The Bertz CT molecular complexity index is 531. The zero-order valence-electron chi connectivity index (χ0n) is 19.6. The van der Waals surface area contributed by atoms with Crippen molar-refractivity contribution in [1.29, 1.82) is 0 Å². The van der Waals surface area contributed by atoms with Crippen molar-refractivity contribution < 1.29 is 4.79 Å². The van der Waals surface area contributed by atoms with Crippen LogP contribution in [0, 0.1) is 11.8 Å². The van der Waals surface area contributed by atoms with Crippen molar-refractivity contribution in [3.8, 4) is 0 Å². The van der Waals surface area contributed by atoms with E-state index in [2.05, 4.69) is 41.4 Å². The van der Waals surface area contributed by atoms with Crippen LogP contribution >= 0.6 is 0 Å². The van der Waals surface area contributed by atoms with Gasteiger partial charge in [-0.05, 0) is 43.9 Å². The second-order valence-electron chi connectivity index (χ2n) is 7.73. The molecule has 166 valence electrons. The number of hydrogen-bond acceptors (Lipinski definition) is 3. The molecule has 0 aromatic carbocycles. The molecule has 5 nitrogen and oxygen atoms in total. The molecule has 0 bridgehead atoms. The van der Waals surface area contributed by atoms with Gasteiger partial charge in [-0.1, -0.05) is 66.0 Å². The first-order valence-electron chi connectivity index (χ1n) is 11.4. The summed E-state index contributed by atoms with van der Waals surface area (Å²) in [5.41, 5.74) is 0. The molecule has 0 radical (unpaired) electrons. The summed E-state index contributed by atoms with van der Waals surface area (Å²) in [6.07, 6.45) is 16.3. The molecular weight excluding hydrogens is 360 g/mol. The van der Waals surface area contributed by atoms with Gasteiger partial charge in [-0.2, -0.15) is 0 Å². The number of carbonyl (C=O) groups excluding carboxylic acids is 1. The maximum Gasteiger partial charge on any atom is 0.224 e. The van der Waals surface area contributed by atoms with E-state index in [9.17, 15) is 4.79 Å². The van der Waals surface area contributed by atoms with E-state index in [0.717, 1.165) is 24.2 Å². The number of nitrogens with one attached hydrogen (secondary N) is 2. The molecule has 5 heteroatoms. The van der Waals surface area contributed by atoms with Crippen LogP contribution in [0.5, 0.6) is 0 Å². The van der Waals surface area contributed by atoms with E-state index in [0.29, 0.717) is 13.0 Å². The second-order valence-corrected chi connectivity index (χ2v) is 7.73. The molecule has 2 rings (SSSR count). The number of amides is 1. The molecule has 1 amide bonds. The first kappa shape index (κ1) is 27.1. The number of carbonyl (C=O) groups is 1. The molecule has 0 saturated heterocycles. The van der Waals surface area contributed by atoms with Crippen molar-refractivity contribution in [3.05, 3.63) is 24.4 Å². The molecule has 1 aliphatic carbocycles. The Morgan fingerprint density at radius 2 is 2.03 bits per heavy atom. The number of rotatable bonds is 9. The third-order valence-electron chi connectivity index (χ3n) is 4.32. The molecule has 2 aliphatic rings. The number of aliphatic imine (C=N–C) groups is 2. The zero-order valence-corrected chi connectivity index (χ0v) is 19.6. The highest BCUT2D eigenvalue weighted by molar-refractivity contribution is 5.81. The third-order valence-corrected chi connectivity index (χ3v) is 4.32. The number of allylic oxidation sites excluding steroid dienone is 1. The number of nitrogens with zero attached hydrogens (tertiary/aromatic N) is 2. The normalized spacial score (nSPS) is 18.0. The fraction of sp³-hybridized carbons (Fsp3) is 0.708. The molecule has 1 aliphatic heterocycles. The van der Waals surface area contributed by atoms with Crippen LogP contribution in [-0.2, 0) is 4.79 Å². The average Bonchev–Trinajstić information content (AvgIpc) is 3.55. The molecule has 0 aromatic heterocycles. The third kappa shape index (κ3) is 17.9. The van der Waals surface area contributed by atoms with Crippen LogP contribution in [0.3, 0.4) is 0 Å². The van der Waals surface area contributed by atoms with Crippen molar-refractivity contribution in [2.75, 3.05) is 13.1 Å². The molecule has 0 spiro atoms. The van der Waals surface area contributed by atoms with Crippen LogP contribution in [0.1, 0.15) is 80.1 Å². The fourth-order valence-corrected chi connectivity index (χ4v) is 2.41. The summed E-state index contributed by atoms with van der Waals surface area (Å²) in [4.78, 5) is 20.2. The second kappa shape index (κ2) is 18.1. The molecular formula is C24H44N4O. The van der Waals surface area contributed by atoms with Gasteiger partial charge in [-0.15, -0.1) is 0 Å². The summed E-state index contributed by atoms with van der Waals surface area (Å²) < 4.78 is 0. The molecule has 29 heavy (non-hydrogen) atoms. The minimum atomic E-state index is 0.00220. The Labute approximate surface area is 179 Å². The van der Waals surface area contributed by atoms with Gasteiger partial charge >= 0.3 is 0 Å². The lowest BCUT2D eigenvalue weighted by Gasteiger charge is -2.13. The monoisotopic (exact) mass is 404 g/mol. The quantitative estimate of drug-likeness (QED) is 0.405. The number of amidine groups is 1. The Morgan fingerprint density at radius 3 is 2.55 bits per heavy atom. The van der Waals surface area contributed by atoms with Gasteiger partial charge in [0.05, 0.1) is 18.4 Å². The van der Waals surface area contributed by atoms with Crippen molar-refractivity contribution in [2.24, 2.45) is 21.8 Å². The summed E-state index contributed by atoms with van der Waals surface area (Å²) >= 11 is 0.